The average Bonchev–Trinajstić information content (AvgIpc) is 3.17. The summed E-state index contributed by atoms with van der Waals surface area (Å²) in [7, 11) is 0. The van der Waals surface area contributed by atoms with Gasteiger partial charge in [-0.3, -0.25) is 9.59 Å². The van der Waals surface area contributed by atoms with E-state index in [0.717, 1.165) is 18.4 Å². The number of rotatable bonds is 6. The first kappa shape index (κ1) is 18.9. The summed E-state index contributed by atoms with van der Waals surface area (Å²) in [6.45, 7) is 1.98. The normalized spacial score (nSPS) is 16.0. The van der Waals surface area contributed by atoms with Crippen LogP contribution in [0.3, 0.4) is 0 Å². The first-order chi connectivity index (χ1) is 13.1. The molecule has 1 fully saturated rings. The van der Waals surface area contributed by atoms with Crippen molar-refractivity contribution in [3.8, 4) is 0 Å². The van der Waals surface area contributed by atoms with E-state index in [1.807, 2.05) is 36.4 Å². The minimum Gasteiger partial charge on any atom is -0.350 e. The first-order valence-electron chi connectivity index (χ1n) is 9.47. The predicted molar refractivity (Wildman–Crippen MR) is 108 cm³/mol. The minimum atomic E-state index is -0.258. The van der Waals surface area contributed by atoms with Gasteiger partial charge >= 0.3 is 0 Å². The van der Waals surface area contributed by atoms with E-state index < -0.39 is 0 Å². The monoisotopic (exact) mass is 362 g/mol. The van der Waals surface area contributed by atoms with Gasteiger partial charge in [0.1, 0.15) is 5.70 Å². The van der Waals surface area contributed by atoms with Crippen molar-refractivity contribution >= 4 is 17.9 Å². The van der Waals surface area contributed by atoms with E-state index >= 15 is 0 Å². The number of carbonyl (C=O) groups is 2. The molecule has 4 nitrogen and oxygen atoms in total. The van der Waals surface area contributed by atoms with Gasteiger partial charge in [-0.05, 0) is 30.0 Å². The Morgan fingerprint density at radius 2 is 1.56 bits per heavy atom. The molecule has 0 heterocycles. The number of carbonyl (C=O) groups excluding carboxylic acids is 2. The standard InChI is InChI=1S/C23H26N2O2/c1-18(26)25-21(16-19-10-4-2-5-11-19)22(27)24-17-23(14-8-9-15-23)20-12-6-3-7-13-20/h2-7,10-13,16H,8-9,14-15,17H2,1H3,(H,24,27)(H,25,26)/b21-16-. The number of hydrogen-bond donors (Lipinski definition) is 2. The van der Waals surface area contributed by atoms with Gasteiger partial charge in [-0.15, -0.1) is 0 Å². The predicted octanol–water partition coefficient (Wildman–Crippen LogP) is 3.79. The molecule has 0 aliphatic heterocycles. The van der Waals surface area contributed by atoms with Gasteiger partial charge in [-0.25, -0.2) is 0 Å². The molecular formula is C23H26N2O2. The summed E-state index contributed by atoms with van der Waals surface area (Å²) in [5.41, 5.74) is 2.39. The third-order valence-corrected chi connectivity index (χ3v) is 5.20. The molecule has 0 aromatic heterocycles. The van der Waals surface area contributed by atoms with Gasteiger partial charge in [-0.2, -0.15) is 0 Å². The quantitative estimate of drug-likeness (QED) is 0.768. The highest BCUT2D eigenvalue weighted by Gasteiger charge is 2.35. The number of hydrogen-bond acceptors (Lipinski definition) is 2. The lowest BCUT2D eigenvalue weighted by atomic mass is 9.79. The molecule has 2 N–H and O–H groups in total. The van der Waals surface area contributed by atoms with Crippen molar-refractivity contribution in [3.63, 3.8) is 0 Å². The summed E-state index contributed by atoms with van der Waals surface area (Å²) in [4.78, 5) is 24.4. The molecule has 1 saturated carbocycles. The van der Waals surface area contributed by atoms with Crippen LogP contribution in [0.25, 0.3) is 6.08 Å². The summed E-state index contributed by atoms with van der Waals surface area (Å²) in [6.07, 6.45) is 6.18. The fourth-order valence-electron chi connectivity index (χ4n) is 3.82. The molecule has 1 aliphatic carbocycles. The smallest absolute Gasteiger partial charge is 0.267 e. The van der Waals surface area contributed by atoms with Crippen LogP contribution < -0.4 is 10.6 Å². The Kier molecular flexibility index (Phi) is 6.07. The van der Waals surface area contributed by atoms with Crippen molar-refractivity contribution in [3.05, 3.63) is 77.5 Å². The fourth-order valence-corrected chi connectivity index (χ4v) is 3.82. The lowest BCUT2D eigenvalue weighted by Gasteiger charge is -2.30. The van der Waals surface area contributed by atoms with Gasteiger partial charge in [0, 0.05) is 18.9 Å². The van der Waals surface area contributed by atoms with E-state index in [9.17, 15) is 9.59 Å². The van der Waals surface area contributed by atoms with Gasteiger partial charge in [0.2, 0.25) is 5.91 Å². The summed E-state index contributed by atoms with van der Waals surface area (Å²) in [6, 6.07) is 19.9. The number of amides is 2. The lowest BCUT2D eigenvalue weighted by molar-refractivity contribution is -0.122. The lowest BCUT2D eigenvalue weighted by Crippen LogP contribution is -2.42. The molecule has 0 saturated heterocycles. The van der Waals surface area contributed by atoms with Crippen LogP contribution in [-0.4, -0.2) is 18.4 Å². The molecule has 3 rings (SSSR count). The van der Waals surface area contributed by atoms with Gasteiger partial charge in [0.05, 0.1) is 0 Å². The van der Waals surface area contributed by atoms with Crippen molar-refractivity contribution in [2.45, 2.75) is 38.0 Å². The topological polar surface area (TPSA) is 58.2 Å². The van der Waals surface area contributed by atoms with Crippen molar-refractivity contribution in [2.24, 2.45) is 0 Å². The van der Waals surface area contributed by atoms with Crippen LogP contribution in [0.15, 0.2) is 66.4 Å². The summed E-state index contributed by atoms with van der Waals surface area (Å²) < 4.78 is 0. The van der Waals surface area contributed by atoms with Gasteiger partial charge < -0.3 is 10.6 Å². The van der Waals surface area contributed by atoms with E-state index in [-0.39, 0.29) is 22.9 Å². The molecule has 0 unspecified atom stereocenters. The third-order valence-electron chi connectivity index (χ3n) is 5.20. The average molecular weight is 362 g/mol. The second-order valence-corrected chi connectivity index (χ2v) is 7.19. The highest BCUT2D eigenvalue weighted by molar-refractivity contribution is 6.00. The molecule has 0 spiro atoms. The zero-order chi connectivity index (χ0) is 19.1. The fraction of sp³-hybridized carbons (Fsp3) is 0.304. The summed E-state index contributed by atoms with van der Waals surface area (Å²) in [5, 5.41) is 5.73. The zero-order valence-corrected chi connectivity index (χ0v) is 15.7. The maximum atomic E-state index is 12.8. The van der Waals surface area contributed by atoms with Crippen molar-refractivity contribution < 1.29 is 9.59 Å². The van der Waals surface area contributed by atoms with Gasteiger partial charge in [0.25, 0.3) is 5.91 Å². The Labute approximate surface area is 160 Å². The van der Waals surface area contributed by atoms with E-state index in [2.05, 4.69) is 34.9 Å². The molecule has 1 aliphatic rings. The van der Waals surface area contributed by atoms with Crippen LogP contribution >= 0.6 is 0 Å². The van der Waals surface area contributed by atoms with Crippen molar-refractivity contribution in [2.75, 3.05) is 6.54 Å². The molecule has 2 aromatic rings. The number of benzene rings is 2. The molecule has 0 radical (unpaired) electrons. The Balaban J connectivity index is 1.77. The maximum absolute atomic E-state index is 12.8. The molecule has 27 heavy (non-hydrogen) atoms. The van der Waals surface area contributed by atoms with E-state index in [0.29, 0.717) is 6.54 Å². The van der Waals surface area contributed by atoms with E-state index in [1.54, 1.807) is 6.08 Å². The first-order valence-corrected chi connectivity index (χ1v) is 9.47. The van der Waals surface area contributed by atoms with Gasteiger partial charge in [-0.1, -0.05) is 73.5 Å². The van der Waals surface area contributed by atoms with E-state index in [4.69, 9.17) is 0 Å². The third kappa shape index (κ3) is 4.85. The van der Waals surface area contributed by atoms with Crippen LogP contribution in [-0.2, 0) is 15.0 Å². The molecular weight excluding hydrogens is 336 g/mol. The Morgan fingerprint density at radius 3 is 2.15 bits per heavy atom. The van der Waals surface area contributed by atoms with Crippen LogP contribution in [0.2, 0.25) is 0 Å². The van der Waals surface area contributed by atoms with Crippen LogP contribution in [0.4, 0.5) is 0 Å². The molecule has 0 bridgehead atoms. The SMILES string of the molecule is CC(=O)N/C(=C\c1ccccc1)C(=O)NCC1(c2ccccc2)CCCC1. The second-order valence-electron chi connectivity index (χ2n) is 7.19. The molecule has 2 aromatic carbocycles. The molecule has 0 atom stereocenters. The summed E-state index contributed by atoms with van der Waals surface area (Å²) >= 11 is 0. The molecule has 4 heteroatoms. The molecule has 140 valence electrons. The Hall–Kier alpha value is -2.88. The van der Waals surface area contributed by atoms with Crippen molar-refractivity contribution in [1.82, 2.24) is 10.6 Å². The second kappa shape index (κ2) is 8.67. The Morgan fingerprint density at radius 1 is 0.963 bits per heavy atom. The van der Waals surface area contributed by atoms with Gasteiger partial charge in [0.15, 0.2) is 0 Å². The van der Waals surface area contributed by atoms with Crippen molar-refractivity contribution in [1.29, 1.82) is 0 Å². The highest BCUT2D eigenvalue weighted by Crippen LogP contribution is 2.40. The van der Waals surface area contributed by atoms with Crippen LogP contribution in [0.1, 0.15) is 43.7 Å². The van der Waals surface area contributed by atoms with Crippen LogP contribution in [0.5, 0.6) is 0 Å². The minimum absolute atomic E-state index is 0.0228. The number of nitrogens with one attached hydrogen (secondary N) is 2. The van der Waals surface area contributed by atoms with Crippen LogP contribution in [0, 0.1) is 0 Å². The Bertz CT molecular complexity index is 807. The largest absolute Gasteiger partial charge is 0.350 e. The summed E-state index contributed by atoms with van der Waals surface area (Å²) in [5.74, 6) is -0.512. The highest BCUT2D eigenvalue weighted by atomic mass is 16.2. The maximum Gasteiger partial charge on any atom is 0.267 e. The zero-order valence-electron chi connectivity index (χ0n) is 15.7. The molecule has 2 amide bonds. The van der Waals surface area contributed by atoms with E-state index in [1.165, 1.54) is 25.3 Å².